The summed E-state index contributed by atoms with van der Waals surface area (Å²) < 4.78 is 10.9. The zero-order valence-corrected chi connectivity index (χ0v) is 18.5. The molecule has 32 heavy (non-hydrogen) atoms. The molecule has 1 fully saturated rings. The molecule has 3 amide bonds. The summed E-state index contributed by atoms with van der Waals surface area (Å²) >= 11 is 0. The SMILES string of the molecule is Cc1ccc(OC(C)C(=O)N2CCN(C(=O)Nc3cccc4c3COC4=O)CC2)c(C)c1. The molecule has 168 valence electrons. The molecule has 0 saturated carbocycles. The van der Waals surface area contributed by atoms with Gasteiger partial charge in [0.1, 0.15) is 12.4 Å². The Kier molecular flexibility index (Phi) is 6.03. The van der Waals surface area contributed by atoms with Crippen molar-refractivity contribution in [2.75, 3.05) is 31.5 Å². The molecule has 2 heterocycles. The van der Waals surface area contributed by atoms with Crippen molar-refractivity contribution in [3.05, 3.63) is 58.7 Å². The molecule has 1 atom stereocenters. The molecule has 2 aromatic carbocycles. The average molecular weight is 437 g/mol. The first-order valence-electron chi connectivity index (χ1n) is 10.7. The number of anilines is 1. The quantitative estimate of drug-likeness (QED) is 0.743. The van der Waals surface area contributed by atoms with Gasteiger partial charge >= 0.3 is 12.0 Å². The molecule has 0 aromatic heterocycles. The molecule has 2 aliphatic rings. The van der Waals surface area contributed by atoms with Gasteiger partial charge in [0, 0.05) is 37.4 Å². The molecule has 2 aromatic rings. The van der Waals surface area contributed by atoms with Gasteiger partial charge in [0.05, 0.1) is 5.56 Å². The Hall–Kier alpha value is -3.55. The van der Waals surface area contributed by atoms with Crippen molar-refractivity contribution in [1.82, 2.24) is 9.80 Å². The number of ether oxygens (including phenoxy) is 2. The molecule has 8 nitrogen and oxygen atoms in total. The highest BCUT2D eigenvalue weighted by molar-refractivity contribution is 5.98. The fourth-order valence-corrected chi connectivity index (χ4v) is 4.02. The van der Waals surface area contributed by atoms with Gasteiger partial charge < -0.3 is 24.6 Å². The van der Waals surface area contributed by atoms with E-state index in [0.29, 0.717) is 48.7 Å². The number of esters is 1. The van der Waals surface area contributed by atoms with E-state index in [2.05, 4.69) is 5.32 Å². The maximum Gasteiger partial charge on any atom is 0.338 e. The number of benzene rings is 2. The van der Waals surface area contributed by atoms with Crippen LogP contribution in [0.5, 0.6) is 5.75 Å². The highest BCUT2D eigenvalue weighted by Gasteiger charge is 2.29. The number of amides is 3. The average Bonchev–Trinajstić information content (AvgIpc) is 3.17. The highest BCUT2D eigenvalue weighted by atomic mass is 16.5. The van der Waals surface area contributed by atoms with Gasteiger partial charge in [-0.3, -0.25) is 4.79 Å². The van der Waals surface area contributed by atoms with Crippen molar-refractivity contribution < 1.29 is 23.9 Å². The first-order valence-corrected chi connectivity index (χ1v) is 10.7. The van der Waals surface area contributed by atoms with Crippen LogP contribution in [-0.4, -0.2) is 60.0 Å². The third-order valence-electron chi connectivity index (χ3n) is 5.85. The number of carbonyl (C=O) groups excluding carboxylic acids is 3. The van der Waals surface area contributed by atoms with Gasteiger partial charge in [-0.2, -0.15) is 0 Å². The van der Waals surface area contributed by atoms with E-state index in [1.807, 2.05) is 32.0 Å². The molecule has 2 aliphatic heterocycles. The van der Waals surface area contributed by atoms with E-state index in [4.69, 9.17) is 9.47 Å². The van der Waals surface area contributed by atoms with Crippen LogP contribution in [0, 0.1) is 13.8 Å². The van der Waals surface area contributed by atoms with E-state index in [9.17, 15) is 14.4 Å². The number of rotatable bonds is 4. The highest BCUT2D eigenvalue weighted by Crippen LogP contribution is 2.27. The van der Waals surface area contributed by atoms with Crippen LogP contribution >= 0.6 is 0 Å². The van der Waals surface area contributed by atoms with Crippen LogP contribution in [0.1, 0.15) is 34.0 Å². The van der Waals surface area contributed by atoms with Gasteiger partial charge in [-0.25, -0.2) is 9.59 Å². The molecule has 0 bridgehead atoms. The number of fused-ring (bicyclic) bond motifs is 1. The summed E-state index contributed by atoms with van der Waals surface area (Å²) in [4.78, 5) is 40.7. The molecular formula is C24H27N3O5. The zero-order valence-electron chi connectivity index (χ0n) is 18.5. The Morgan fingerprint density at radius 1 is 1.06 bits per heavy atom. The molecule has 1 N–H and O–H groups in total. The number of cyclic esters (lactones) is 1. The second kappa shape index (κ2) is 8.90. The lowest BCUT2D eigenvalue weighted by Gasteiger charge is -2.36. The Morgan fingerprint density at radius 2 is 1.78 bits per heavy atom. The van der Waals surface area contributed by atoms with E-state index in [1.54, 1.807) is 34.9 Å². The lowest BCUT2D eigenvalue weighted by Crippen LogP contribution is -2.54. The standard InChI is InChI=1S/C24H27N3O5/c1-15-7-8-21(16(2)13-15)32-17(3)22(28)26-9-11-27(12-10-26)24(30)25-20-6-4-5-18-19(20)14-31-23(18)29/h4-8,13,17H,9-12,14H2,1-3H3,(H,25,30). The molecule has 0 spiro atoms. The van der Waals surface area contributed by atoms with Crippen molar-refractivity contribution in [2.24, 2.45) is 0 Å². The summed E-state index contributed by atoms with van der Waals surface area (Å²) in [6.07, 6.45) is -0.610. The Morgan fingerprint density at radius 3 is 2.50 bits per heavy atom. The van der Waals surface area contributed by atoms with Gasteiger partial charge in [-0.1, -0.05) is 23.8 Å². The minimum atomic E-state index is -0.610. The largest absolute Gasteiger partial charge is 0.481 e. The van der Waals surface area contributed by atoms with Gasteiger partial charge in [-0.05, 0) is 44.5 Å². The lowest BCUT2D eigenvalue weighted by molar-refractivity contribution is -0.139. The number of aryl methyl sites for hydroxylation is 2. The predicted molar refractivity (Wildman–Crippen MR) is 119 cm³/mol. The third kappa shape index (κ3) is 4.39. The smallest absolute Gasteiger partial charge is 0.338 e. The topological polar surface area (TPSA) is 88.2 Å². The van der Waals surface area contributed by atoms with Crippen molar-refractivity contribution in [3.63, 3.8) is 0 Å². The number of carbonyl (C=O) groups is 3. The van der Waals surface area contributed by atoms with Crippen LogP contribution in [-0.2, 0) is 16.1 Å². The number of urea groups is 1. The summed E-state index contributed by atoms with van der Waals surface area (Å²) in [5, 5.41) is 2.87. The first kappa shape index (κ1) is 21.7. The van der Waals surface area contributed by atoms with Crippen LogP contribution in [0.4, 0.5) is 10.5 Å². The van der Waals surface area contributed by atoms with Crippen LogP contribution in [0.25, 0.3) is 0 Å². The number of hydrogen-bond acceptors (Lipinski definition) is 5. The van der Waals surface area contributed by atoms with Gasteiger partial charge in [-0.15, -0.1) is 0 Å². The monoisotopic (exact) mass is 437 g/mol. The Balaban J connectivity index is 1.31. The fraction of sp³-hybridized carbons (Fsp3) is 0.375. The molecule has 4 rings (SSSR count). The Bertz CT molecular complexity index is 1060. The van der Waals surface area contributed by atoms with Crippen LogP contribution in [0.2, 0.25) is 0 Å². The summed E-state index contributed by atoms with van der Waals surface area (Å²) in [6.45, 7) is 7.57. The summed E-state index contributed by atoms with van der Waals surface area (Å²) in [7, 11) is 0. The van der Waals surface area contributed by atoms with E-state index in [0.717, 1.165) is 11.1 Å². The minimum absolute atomic E-state index is 0.0958. The molecule has 1 saturated heterocycles. The Labute approximate surface area is 187 Å². The lowest BCUT2D eigenvalue weighted by atomic mass is 10.1. The van der Waals surface area contributed by atoms with Crippen molar-refractivity contribution in [3.8, 4) is 5.75 Å². The number of nitrogens with zero attached hydrogens (tertiary/aromatic N) is 2. The van der Waals surface area contributed by atoms with Crippen molar-refractivity contribution in [2.45, 2.75) is 33.5 Å². The second-order valence-electron chi connectivity index (χ2n) is 8.18. The van der Waals surface area contributed by atoms with Crippen LogP contribution < -0.4 is 10.1 Å². The summed E-state index contributed by atoms with van der Waals surface area (Å²) in [5.41, 5.74) is 3.88. The summed E-state index contributed by atoms with van der Waals surface area (Å²) in [5.74, 6) is 0.231. The zero-order chi connectivity index (χ0) is 22.8. The molecule has 1 unspecified atom stereocenters. The molecule has 8 heteroatoms. The second-order valence-corrected chi connectivity index (χ2v) is 8.18. The van der Waals surface area contributed by atoms with Gasteiger partial charge in [0.25, 0.3) is 5.91 Å². The molecule has 0 aliphatic carbocycles. The van der Waals surface area contributed by atoms with E-state index < -0.39 is 6.10 Å². The number of piperazine rings is 1. The fourth-order valence-electron chi connectivity index (χ4n) is 4.02. The van der Waals surface area contributed by atoms with Crippen molar-refractivity contribution >= 4 is 23.6 Å². The van der Waals surface area contributed by atoms with Crippen LogP contribution in [0.15, 0.2) is 36.4 Å². The van der Waals surface area contributed by atoms with E-state index in [1.165, 1.54) is 0 Å². The van der Waals surface area contributed by atoms with Gasteiger partial charge in [0.15, 0.2) is 6.10 Å². The maximum atomic E-state index is 12.8. The third-order valence-corrected chi connectivity index (χ3v) is 5.85. The van der Waals surface area contributed by atoms with Gasteiger partial charge in [0.2, 0.25) is 0 Å². The minimum Gasteiger partial charge on any atom is -0.481 e. The molecular weight excluding hydrogens is 410 g/mol. The van der Waals surface area contributed by atoms with E-state index >= 15 is 0 Å². The van der Waals surface area contributed by atoms with E-state index in [-0.39, 0.29) is 24.5 Å². The molecule has 0 radical (unpaired) electrons. The van der Waals surface area contributed by atoms with Crippen LogP contribution in [0.3, 0.4) is 0 Å². The number of hydrogen-bond donors (Lipinski definition) is 1. The predicted octanol–water partition coefficient (Wildman–Crippen LogP) is 3.12. The first-order chi connectivity index (χ1) is 15.3. The van der Waals surface area contributed by atoms with Crippen molar-refractivity contribution in [1.29, 1.82) is 0 Å². The number of nitrogens with one attached hydrogen (secondary N) is 1. The summed E-state index contributed by atoms with van der Waals surface area (Å²) in [6, 6.07) is 10.8. The normalized spacial score (nSPS) is 16.3. The maximum absolute atomic E-state index is 12.8.